The molecule has 84 valence electrons. The number of anilines is 1. The summed E-state index contributed by atoms with van der Waals surface area (Å²) in [6, 6.07) is 7.02. The highest BCUT2D eigenvalue weighted by molar-refractivity contribution is 9.10. The van der Waals surface area contributed by atoms with E-state index in [1.54, 1.807) is 18.2 Å². The topological polar surface area (TPSA) is 61.2 Å². The van der Waals surface area contributed by atoms with Gasteiger partial charge in [-0.25, -0.2) is 8.42 Å². The lowest BCUT2D eigenvalue weighted by molar-refractivity contribution is 0.599. The van der Waals surface area contributed by atoms with Gasteiger partial charge in [0.15, 0.2) is 0 Å². The quantitative estimate of drug-likeness (QED) is 0.795. The third kappa shape index (κ3) is 1.93. The summed E-state index contributed by atoms with van der Waals surface area (Å²) >= 11 is 3.28. The Morgan fingerprint density at radius 3 is 2.75 bits per heavy atom. The van der Waals surface area contributed by atoms with Crippen LogP contribution in [0.4, 0.5) is 5.69 Å². The molecule has 2 rings (SSSR count). The third-order valence-corrected chi connectivity index (χ3v) is 4.80. The second kappa shape index (κ2) is 4.07. The minimum atomic E-state index is -3.23. The molecule has 6 heteroatoms. The highest BCUT2D eigenvalue weighted by atomic mass is 79.9. The largest absolute Gasteiger partial charge is 0.269 e. The normalized spacial score (nSPS) is 18.4. The highest BCUT2D eigenvalue weighted by Crippen LogP contribution is 2.29. The first-order chi connectivity index (χ1) is 7.54. The smallest absolute Gasteiger partial charge is 0.235 e. The van der Waals surface area contributed by atoms with Crippen LogP contribution in [0.5, 0.6) is 0 Å². The van der Waals surface area contributed by atoms with Gasteiger partial charge in [0.1, 0.15) is 6.07 Å². The van der Waals surface area contributed by atoms with Gasteiger partial charge in [0.05, 0.1) is 17.0 Å². The van der Waals surface area contributed by atoms with Gasteiger partial charge in [-0.15, -0.1) is 0 Å². The molecule has 0 aromatic heterocycles. The average Bonchev–Trinajstić information content (AvgIpc) is 2.58. The summed E-state index contributed by atoms with van der Waals surface area (Å²) < 4.78 is 25.6. The van der Waals surface area contributed by atoms with Crippen molar-refractivity contribution in [1.82, 2.24) is 0 Å². The number of nitrogens with zero attached hydrogens (tertiary/aromatic N) is 2. The van der Waals surface area contributed by atoms with Crippen molar-refractivity contribution in [3.05, 3.63) is 28.2 Å². The zero-order chi connectivity index (χ0) is 11.8. The van der Waals surface area contributed by atoms with Crippen molar-refractivity contribution in [1.29, 1.82) is 5.26 Å². The van der Waals surface area contributed by atoms with Crippen LogP contribution in [0.25, 0.3) is 0 Å². The van der Waals surface area contributed by atoms with Crippen LogP contribution in [0.3, 0.4) is 0 Å². The van der Waals surface area contributed by atoms with Crippen molar-refractivity contribution in [2.75, 3.05) is 16.6 Å². The molecule has 0 N–H and O–H groups in total. The Kier molecular flexibility index (Phi) is 2.91. The summed E-state index contributed by atoms with van der Waals surface area (Å²) in [4.78, 5) is 0. The lowest BCUT2D eigenvalue weighted by Gasteiger charge is -2.18. The van der Waals surface area contributed by atoms with E-state index in [0.717, 1.165) is 4.47 Å². The van der Waals surface area contributed by atoms with Gasteiger partial charge in [0.25, 0.3) is 0 Å². The van der Waals surface area contributed by atoms with E-state index in [0.29, 0.717) is 24.2 Å². The van der Waals surface area contributed by atoms with Gasteiger partial charge >= 0.3 is 0 Å². The van der Waals surface area contributed by atoms with Crippen LogP contribution >= 0.6 is 15.9 Å². The van der Waals surface area contributed by atoms with Crippen molar-refractivity contribution >= 4 is 31.6 Å². The Bertz CT molecular complexity index is 563. The van der Waals surface area contributed by atoms with Crippen molar-refractivity contribution in [2.24, 2.45) is 0 Å². The first-order valence-electron chi connectivity index (χ1n) is 4.75. The molecular formula is C10H9BrN2O2S. The van der Waals surface area contributed by atoms with Gasteiger partial charge in [0, 0.05) is 11.0 Å². The fourth-order valence-corrected chi connectivity index (χ4v) is 3.64. The van der Waals surface area contributed by atoms with E-state index in [1.165, 1.54) is 4.31 Å². The van der Waals surface area contributed by atoms with Crippen LogP contribution < -0.4 is 4.31 Å². The molecule has 0 unspecified atom stereocenters. The maximum atomic E-state index is 11.7. The summed E-state index contributed by atoms with van der Waals surface area (Å²) in [5, 5.41) is 8.95. The minimum Gasteiger partial charge on any atom is -0.269 e. The molecule has 0 amide bonds. The van der Waals surface area contributed by atoms with Crippen molar-refractivity contribution in [3.8, 4) is 6.07 Å². The van der Waals surface area contributed by atoms with Crippen LogP contribution in [-0.2, 0) is 10.0 Å². The van der Waals surface area contributed by atoms with E-state index in [-0.39, 0.29) is 5.75 Å². The number of hydrogen-bond acceptors (Lipinski definition) is 3. The standard InChI is InChI=1S/C10H9BrN2O2S/c11-9-3-2-8(7-12)10(6-9)13-4-1-5-16(13,14)15/h2-3,6H,1,4-5H2. The number of nitriles is 1. The molecule has 1 fully saturated rings. The van der Waals surface area contributed by atoms with Gasteiger partial charge in [-0.2, -0.15) is 5.26 Å². The Labute approximate surface area is 103 Å². The zero-order valence-corrected chi connectivity index (χ0v) is 10.8. The lowest BCUT2D eigenvalue weighted by Crippen LogP contribution is -2.25. The van der Waals surface area contributed by atoms with Crippen LogP contribution in [0, 0.1) is 11.3 Å². The van der Waals surface area contributed by atoms with Crippen molar-refractivity contribution < 1.29 is 8.42 Å². The highest BCUT2D eigenvalue weighted by Gasteiger charge is 2.30. The molecule has 1 aliphatic heterocycles. The molecule has 0 saturated carbocycles. The van der Waals surface area contributed by atoms with Gasteiger partial charge in [-0.05, 0) is 24.6 Å². The monoisotopic (exact) mass is 300 g/mol. The maximum Gasteiger partial charge on any atom is 0.235 e. The van der Waals surface area contributed by atoms with Gasteiger partial charge in [-0.1, -0.05) is 15.9 Å². The molecular weight excluding hydrogens is 292 g/mol. The van der Waals surface area contributed by atoms with E-state index in [4.69, 9.17) is 5.26 Å². The summed E-state index contributed by atoms with van der Waals surface area (Å²) in [6.45, 7) is 0.452. The summed E-state index contributed by atoms with van der Waals surface area (Å²) in [5.74, 6) is 0.157. The minimum absolute atomic E-state index is 0.157. The number of halogens is 1. The maximum absolute atomic E-state index is 11.7. The SMILES string of the molecule is N#Cc1ccc(Br)cc1N1CCCS1(=O)=O. The van der Waals surface area contributed by atoms with Crippen LogP contribution in [-0.4, -0.2) is 20.7 Å². The van der Waals surface area contributed by atoms with Crippen LogP contribution in [0.15, 0.2) is 22.7 Å². The fraction of sp³-hybridized carbons (Fsp3) is 0.300. The first-order valence-corrected chi connectivity index (χ1v) is 7.15. The number of benzene rings is 1. The molecule has 0 spiro atoms. The molecule has 0 radical (unpaired) electrons. The average molecular weight is 301 g/mol. The molecule has 1 aromatic rings. The first kappa shape index (κ1) is 11.4. The Balaban J connectivity index is 2.56. The second-order valence-corrected chi connectivity index (χ2v) is 6.44. The van der Waals surface area contributed by atoms with Gasteiger partial charge in [-0.3, -0.25) is 4.31 Å². The summed E-state index contributed by atoms with van der Waals surface area (Å²) in [6.07, 6.45) is 0.611. The molecule has 1 aliphatic rings. The summed E-state index contributed by atoms with van der Waals surface area (Å²) in [5.41, 5.74) is 0.850. The van der Waals surface area contributed by atoms with E-state index in [9.17, 15) is 8.42 Å². The molecule has 16 heavy (non-hydrogen) atoms. The number of sulfonamides is 1. The van der Waals surface area contributed by atoms with E-state index < -0.39 is 10.0 Å². The molecule has 1 heterocycles. The number of hydrogen-bond donors (Lipinski definition) is 0. The van der Waals surface area contributed by atoms with Crippen molar-refractivity contribution in [3.63, 3.8) is 0 Å². The Morgan fingerprint density at radius 2 is 2.19 bits per heavy atom. The molecule has 0 bridgehead atoms. The van der Waals surface area contributed by atoms with E-state index >= 15 is 0 Å². The van der Waals surface area contributed by atoms with Crippen LogP contribution in [0.1, 0.15) is 12.0 Å². The Morgan fingerprint density at radius 1 is 1.44 bits per heavy atom. The molecule has 4 nitrogen and oxygen atoms in total. The van der Waals surface area contributed by atoms with Crippen molar-refractivity contribution in [2.45, 2.75) is 6.42 Å². The van der Waals surface area contributed by atoms with E-state index in [1.807, 2.05) is 6.07 Å². The van der Waals surface area contributed by atoms with Gasteiger partial charge in [0.2, 0.25) is 10.0 Å². The zero-order valence-electron chi connectivity index (χ0n) is 8.35. The van der Waals surface area contributed by atoms with Crippen LogP contribution in [0.2, 0.25) is 0 Å². The lowest BCUT2D eigenvalue weighted by atomic mass is 10.2. The fourth-order valence-electron chi connectivity index (χ4n) is 1.72. The third-order valence-electron chi connectivity index (χ3n) is 2.45. The van der Waals surface area contributed by atoms with E-state index in [2.05, 4.69) is 15.9 Å². The molecule has 0 aliphatic carbocycles. The molecule has 0 atom stereocenters. The van der Waals surface area contributed by atoms with Gasteiger partial charge < -0.3 is 0 Å². The second-order valence-electron chi connectivity index (χ2n) is 3.51. The predicted octanol–water partition coefficient (Wildman–Crippen LogP) is 1.86. The molecule has 1 saturated heterocycles. The summed E-state index contributed by atoms with van der Waals surface area (Å²) in [7, 11) is -3.23. The predicted molar refractivity (Wildman–Crippen MR) is 64.6 cm³/mol. The Hall–Kier alpha value is -1.06. The number of rotatable bonds is 1. The molecule has 1 aromatic carbocycles.